The molecule has 0 amide bonds. The van der Waals surface area contributed by atoms with Crippen molar-refractivity contribution in [3.8, 4) is 11.5 Å². The lowest BCUT2D eigenvalue weighted by Crippen LogP contribution is -2.40. The van der Waals surface area contributed by atoms with Gasteiger partial charge in [0.1, 0.15) is 0 Å². The largest absolute Gasteiger partial charge is 0.409 e. The highest BCUT2D eigenvalue weighted by molar-refractivity contribution is 7.89. The lowest BCUT2D eigenvalue weighted by molar-refractivity contribution is 0.0730. The molecule has 0 N–H and O–H groups in total. The van der Waals surface area contributed by atoms with E-state index in [0.29, 0.717) is 49.3 Å². The fraction of sp³-hybridized carbons (Fsp3) is 0.579. The molecule has 2 fully saturated rings. The second kappa shape index (κ2) is 8.65. The van der Waals surface area contributed by atoms with Crippen molar-refractivity contribution < 1.29 is 17.6 Å². The van der Waals surface area contributed by atoms with Crippen LogP contribution in [0.5, 0.6) is 0 Å². The summed E-state index contributed by atoms with van der Waals surface area (Å²) < 4.78 is 39.9. The van der Waals surface area contributed by atoms with Crippen LogP contribution in [0.3, 0.4) is 0 Å². The Morgan fingerprint density at radius 2 is 1.90 bits per heavy atom. The average Bonchev–Trinajstić information content (AvgIpc) is 3.11. The minimum Gasteiger partial charge on any atom is -0.409 e. The predicted molar refractivity (Wildman–Crippen MR) is 110 cm³/mol. The van der Waals surface area contributed by atoms with E-state index in [1.54, 1.807) is 28.9 Å². The van der Waals surface area contributed by atoms with E-state index in [2.05, 4.69) is 16.9 Å². The van der Waals surface area contributed by atoms with Gasteiger partial charge in [0.05, 0.1) is 24.8 Å². The molecule has 10 heteroatoms. The Kier molecular flexibility index (Phi) is 6.16. The van der Waals surface area contributed by atoms with Crippen LogP contribution in [-0.4, -0.2) is 66.8 Å². The molecule has 2 aliphatic rings. The van der Waals surface area contributed by atoms with Gasteiger partial charge in [-0.15, -0.1) is 5.10 Å². The first kappa shape index (κ1) is 20.7. The summed E-state index contributed by atoms with van der Waals surface area (Å²) in [7, 11) is -3.58. The number of rotatable bonds is 5. The maximum atomic E-state index is 12.9. The molecule has 0 unspecified atom stereocenters. The van der Waals surface area contributed by atoms with Crippen LogP contribution in [0.2, 0.25) is 0 Å². The van der Waals surface area contributed by atoms with Crippen LogP contribution in [0.1, 0.15) is 19.8 Å². The summed E-state index contributed by atoms with van der Waals surface area (Å²) in [4.78, 5) is 2.82. The zero-order valence-electron chi connectivity index (χ0n) is 16.5. The maximum Gasteiger partial charge on any atom is 0.288 e. The molecule has 0 bridgehead atoms. The van der Waals surface area contributed by atoms with Crippen LogP contribution < -0.4 is 0 Å². The van der Waals surface area contributed by atoms with Crippen LogP contribution in [0.4, 0.5) is 0 Å². The first-order chi connectivity index (χ1) is 13.9. The van der Waals surface area contributed by atoms with Crippen molar-refractivity contribution in [3.63, 3.8) is 0 Å². The molecule has 1 aromatic heterocycles. The summed E-state index contributed by atoms with van der Waals surface area (Å²) in [5.74, 6) is 1.09. The molecule has 0 saturated carbocycles. The molecule has 4 rings (SSSR count). The summed E-state index contributed by atoms with van der Waals surface area (Å²) in [6.45, 7) is 6.42. The highest BCUT2D eigenvalue weighted by Crippen LogP contribution is 2.24. The number of aromatic nitrogens is 2. The normalized spacial score (nSPS) is 20.2. The number of benzene rings is 1. The Morgan fingerprint density at radius 3 is 2.62 bits per heavy atom. The minimum atomic E-state index is -3.58. The van der Waals surface area contributed by atoms with Crippen molar-refractivity contribution in [2.24, 2.45) is 5.92 Å². The fourth-order valence-corrected chi connectivity index (χ4v) is 5.26. The van der Waals surface area contributed by atoms with Gasteiger partial charge in [-0.2, -0.15) is 4.31 Å². The number of likely N-dealkylation sites (tertiary alicyclic amines) is 1. The molecule has 2 saturated heterocycles. The van der Waals surface area contributed by atoms with Crippen LogP contribution in [0, 0.1) is 10.8 Å². The Labute approximate surface area is 176 Å². The third kappa shape index (κ3) is 4.61. The van der Waals surface area contributed by atoms with Gasteiger partial charge in [0, 0.05) is 31.7 Å². The van der Waals surface area contributed by atoms with Gasteiger partial charge in [-0.3, -0.25) is 4.90 Å². The molecule has 158 valence electrons. The molecule has 0 aliphatic carbocycles. The van der Waals surface area contributed by atoms with Gasteiger partial charge >= 0.3 is 0 Å². The number of hydrogen-bond donors (Lipinski definition) is 0. The molecular weight excluding hydrogens is 412 g/mol. The third-order valence-corrected chi connectivity index (χ3v) is 7.69. The van der Waals surface area contributed by atoms with Crippen LogP contribution in [0.25, 0.3) is 11.5 Å². The Morgan fingerprint density at radius 1 is 1.17 bits per heavy atom. The number of piperidine rings is 1. The average molecular weight is 439 g/mol. The predicted octanol–water partition coefficient (Wildman–Crippen LogP) is 2.58. The monoisotopic (exact) mass is 438 g/mol. The van der Waals surface area contributed by atoms with Gasteiger partial charge < -0.3 is 9.15 Å². The van der Waals surface area contributed by atoms with E-state index in [1.807, 2.05) is 0 Å². The summed E-state index contributed by atoms with van der Waals surface area (Å²) in [6.07, 6.45) is 2.33. The number of ether oxygens (including phenoxy) is 1. The van der Waals surface area contributed by atoms with Gasteiger partial charge in [-0.25, -0.2) is 13.1 Å². The first-order valence-electron chi connectivity index (χ1n) is 9.92. The topological polar surface area (TPSA) is 80.8 Å². The summed E-state index contributed by atoms with van der Waals surface area (Å²) in [5, 5.41) is 4.50. The molecule has 0 atom stereocenters. The molecule has 29 heavy (non-hydrogen) atoms. The number of hydrogen-bond acceptors (Lipinski definition) is 7. The van der Waals surface area contributed by atoms with Gasteiger partial charge in [-0.05, 0) is 49.2 Å². The second-order valence-corrected chi connectivity index (χ2v) is 9.95. The summed E-state index contributed by atoms with van der Waals surface area (Å²) in [6, 6.07) is 6.67. The lowest BCUT2D eigenvalue weighted by Gasteiger charge is -2.29. The Balaban J connectivity index is 1.55. The van der Waals surface area contributed by atoms with Crippen LogP contribution in [0.15, 0.2) is 33.6 Å². The molecule has 3 heterocycles. The highest BCUT2D eigenvalue weighted by atomic mass is 32.2. The van der Waals surface area contributed by atoms with Gasteiger partial charge in [0.2, 0.25) is 15.9 Å². The van der Waals surface area contributed by atoms with Crippen molar-refractivity contribution in [2.45, 2.75) is 31.3 Å². The molecule has 2 aliphatic heterocycles. The van der Waals surface area contributed by atoms with E-state index in [4.69, 9.17) is 21.4 Å². The Bertz CT molecular complexity index is 1000. The molecule has 8 nitrogen and oxygen atoms in total. The highest BCUT2D eigenvalue weighted by Gasteiger charge is 2.27. The number of nitrogens with zero attached hydrogens (tertiary/aromatic N) is 4. The van der Waals surface area contributed by atoms with Crippen molar-refractivity contribution in [1.29, 1.82) is 0 Å². The van der Waals surface area contributed by atoms with Crippen LogP contribution in [-0.2, 0) is 21.4 Å². The van der Waals surface area contributed by atoms with E-state index < -0.39 is 10.0 Å². The van der Waals surface area contributed by atoms with E-state index in [0.717, 1.165) is 19.0 Å². The zero-order valence-corrected chi connectivity index (χ0v) is 18.1. The van der Waals surface area contributed by atoms with Crippen LogP contribution >= 0.6 is 12.2 Å². The molecular formula is C19H26N4O4S2. The zero-order chi connectivity index (χ0) is 20.4. The van der Waals surface area contributed by atoms with E-state index in [9.17, 15) is 8.42 Å². The second-order valence-electron chi connectivity index (χ2n) is 7.66. The summed E-state index contributed by atoms with van der Waals surface area (Å²) in [5.41, 5.74) is 0.594. The lowest BCUT2D eigenvalue weighted by atomic mass is 10.00. The first-order valence-corrected chi connectivity index (χ1v) is 11.8. The fourth-order valence-electron chi connectivity index (χ4n) is 3.63. The van der Waals surface area contributed by atoms with Gasteiger partial charge in [-0.1, -0.05) is 13.0 Å². The Hall–Kier alpha value is -1.59. The van der Waals surface area contributed by atoms with Crippen molar-refractivity contribution in [3.05, 3.63) is 29.1 Å². The van der Waals surface area contributed by atoms with Gasteiger partial charge in [0.25, 0.3) is 4.84 Å². The smallest absolute Gasteiger partial charge is 0.288 e. The maximum absolute atomic E-state index is 12.9. The molecule has 0 spiro atoms. The molecule has 2 aromatic rings. The van der Waals surface area contributed by atoms with Crippen molar-refractivity contribution in [1.82, 2.24) is 19.0 Å². The van der Waals surface area contributed by atoms with Crippen molar-refractivity contribution in [2.75, 3.05) is 39.4 Å². The quantitative estimate of drug-likeness (QED) is 0.664. The summed E-state index contributed by atoms with van der Waals surface area (Å²) >= 11 is 5.34. The molecule has 1 aromatic carbocycles. The van der Waals surface area contributed by atoms with Gasteiger partial charge in [0.15, 0.2) is 0 Å². The van der Waals surface area contributed by atoms with Crippen molar-refractivity contribution >= 4 is 22.2 Å². The van der Waals surface area contributed by atoms with E-state index in [-0.39, 0.29) is 4.90 Å². The molecule has 0 radical (unpaired) electrons. The number of morpholine rings is 1. The SMILES string of the molecule is CC1CCN(Cn2nc(-c3cccc(S(=O)(=O)N4CCOCC4)c3)oc2=S)CC1. The minimum absolute atomic E-state index is 0.220. The standard InChI is InChI=1S/C19H26N4O4S2/c1-15-5-7-21(8-6-15)14-23-19(28)27-18(20-23)16-3-2-4-17(13-16)29(24,25)22-9-11-26-12-10-22/h2-4,13,15H,5-12,14H2,1H3. The number of sulfonamides is 1. The third-order valence-electron chi connectivity index (χ3n) is 5.51. The van der Waals surface area contributed by atoms with E-state index in [1.165, 1.54) is 17.1 Å². The van der Waals surface area contributed by atoms with E-state index >= 15 is 0 Å².